The summed E-state index contributed by atoms with van der Waals surface area (Å²) in [6.45, 7) is 1.52. The van der Waals surface area contributed by atoms with Crippen LogP contribution >= 0.6 is 11.3 Å². The van der Waals surface area contributed by atoms with Crippen molar-refractivity contribution in [1.82, 2.24) is 4.72 Å². The Hall–Kier alpha value is -1.54. The van der Waals surface area contributed by atoms with Crippen molar-refractivity contribution >= 4 is 27.1 Å². The van der Waals surface area contributed by atoms with Gasteiger partial charge in [-0.15, -0.1) is 0 Å². The lowest BCUT2D eigenvalue weighted by Gasteiger charge is -2.15. The van der Waals surface area contributed by atoms with Crippen molar-refractivity contribution in [3.8, 4) is 0 Å². The van der Waals surface area contributed by atoms with Crippen LogP contribution < -0.4 is 4.72 Å². The molecule has 0 unspecified atom stereocenters. The van der Waals surface area contributed by atoms with Gasteiger partial charge in [-0.1, -0.05) is 12.1 Å². The van der Waals surface area contributed by atoms with Gasteiger partial charge in [0.05, 0.1) is 11.0 Å². The maximum atomic E-state index is 12.3. The monoisotopic (exact) mass is 339 g/mol. The molecule has 1 atom stereocenters. The SMILES string of the molecule is CO[C@H](CNS(=O)(=O)c1cccc(C(C)=O)c1)c1ccsc1. The van der Waals surface area contributed by atoms with E-state index in [0.29, 0.717) is 5.56 Å². The molecule has 22 heavy (non-hydrogen) atoms. The van der Waals surface area contributed by atoms with E-state index in [0.717, 1.165) is 5.56 Å². The number of thiophene rings is 1. The van der Waals surface area contributed by atoms with Crippen LogP contribution in [0.5, 0.6) is 0 Å². The van der Waals surface area contributed by atoms with E-state index >= 15 is 0 Å². The maximum Gasteiger partial charge on any atom is 0.240 e. The number of hydrogen-bond donors (Lipinski definition) is 1. The van der Waals surface area contributed by atoms with Crippen LogP contribution in [0.2, 0.25) is 0 Å². The smallest absolute Gasteiger partial charge is 0.240 e. The van der Waals surface area contributed by atoms with Crippen LogP contribution in [0.25, 0.3) is 0 Å². The van der Waals surface area contributed by atoms with E-state index in [1.165, 1.54) is 37.5 Å². The Labute approximate surface area is 134 Å². The number of carbonyl (C=O) groups is 1. The quantitative estimate of drug-likeness (QED) is 0.787. The predicted molar refractivity (Wildman–Crippen MR) is 85.7 cm³/mol. The van der Waals surface area contributed by atoms with Gasteiger partial charge in [-0.2, -0.15) is 11.3 Å². The fraction of sp³-hybridized carbons (Fsp3) is 0.267. The minimum Gasteiger partial charge on any atom is -0.375 e. The molecule has 0 saturated carbocycles. The highest BCUT2D eigenvalue weighted by Crippen LogP contribution is 2.20. The van der Waals surface area contributed by atoms with E-state index in [9.17, 15) is 13.2 Å². The van der Waals surface area contributed by atoms with E-state index in [1.54, 1.807) is 12.1 Å². The number of nitrogens with one attached hydrogen (secondary N) is 1. The van der Waals surface area contributed by atoms with Crippen LogP contribution in [0.1, 0.15) is 28.9 Å². The minimum absolute atomic E-state index is 0.0698. The molecular formula is C15H17NO4S2. The molecule has 0 aliphatic carbocycles. The molecule has 0 saturated heterocycles. The summed E-state index contributed by atoms with van der Waals surface area (Å²) in [7, 11) is -2.16. The van der Waals surface area contributed by atoms with Crippen LogP contribution in [0, 0.1) is 0 Å². The zero-order chi connectivity index (χ0) is 16.2. The third kappa shape index (κ3) is 4.01. The number of carbonyl (C=O) groups excluding carboxylic acids is 1. The Morgan fingerprint density at radius 2 is 2.14 bits per heavy atom. The third-order valence-electron chi connectivity index (χ3n) is 3.21. The summed E-state index contributed by atoms with van der Waals surface area (Å²) in [6.07, 6.45) is -0.350. The number of ether oxygens (including phenoxy) is 1. The number of ketones is 1. The predicted octanol–water partition coefficient (Wildman–Crippen LogP) is 2.62. The molecule has 1 heterocycles. The molecule has 7 heteroatoms. The number of rotatable bonds is 7. The summed E-state index contributed by atoms with van der Waals surface area (Å²) in [5, 5.41) is 3.82. The molecule has 2 rings (SSSR count). The summed E-state index contributed by atoms with van der Waals surface area (Å²) >= 11 is 1.52. The first-order chi connectivity index (χ1) is 10.4. The fourth-order valence-corrected chi connectivity index (χ4v) is 3.73. The molecule has 5 nitrogen and oxygen atoms in total. The van der Waals surface area contributed by atoms with E-state index in [1.807, 2.05) is 16.8 Å². The first-order valence-corrected chi connectivity index (χ1v) is 9.02. The second-order valence-corrected chi connectivity index (χ2v) is 7.26. The Morgan fingerprint density at radius 3 is 2.73 bits per heavy atom. The van der Waals surface area contributed by atoms with Gasteiger partial charge in [0.1, 0.15) is 0 Å². The highest BCUT2D eigenvalue weighted by molar-refractivity contribution is 7.89. The Balaban J connectivity index is 2.14. The van der Waals surface area contributed by atoms with Crippen LogP contribution in [0.4, 0.5) is 0 Å². The van der Waals surface area contributed by atoms with Gasteiger partial charge in [0.25, 0.3) is 0 Å². The van der Waals surface area contributed by atoms with Crippen molar-refractivity contribution in [3.63, 3.8) is 0 Å². The molecule has 0 aliphatic rings. The zero-order valence-electron chi connectivity index (χ0n) is 12.3. The van der Waals surface area contributed by atoms with Crippen LogP contribution in [-0.2, 0) is 14.8 Å². The van der Waals surface area contributed by atoms with Gasteiger partial charge in [-0.05, 0) is 41.4 Å². The lowest BCUT2D eigenvalue weighted by molar-refractivity contribution is 0.101. The van der Waals surface area contributed by atoms with Crippen molar-refractivity contribution < 1.29 is 17.9 Å². The summed E-state index contributed by atoms with van der Waals surface area (Å²) < 4.78 is 32.5. The van der Waals surface area contributed by atoms with Gasteiger partial charge >= 0.3 is 0 Å². The highest BCUT2D eigenvalue weighted by atomic mass is 32.2. The first kappa shape index (κ1) is 16.8. The van der Waals surface area contributed by atoms with E-state index in [2.05, 4.69) is 4.72 Å². The number of sulfonamides is 1. The van der Waals surface area contributed by atoms with E-state index < -0.39 is 10.0 Å². The molecule has 0 aliphatic heterocycles. The Bertz CT molecular complexity index is 739. The molecule has 118 valence electrons. The summed E-state index contributed by atoms with van der Waals surface area (Å²) in [5.74, 6) is -0.176. The minimum atomic E-state index is -3.69. The summed E-state index contributed by atoms with van der Waals surface area (Å²) in [6, 6.07) is 7.87. The molecule has 0 spiro atoms. The van der Waals surface area contributed by atoms with Gasteiger partial charge in [0.2, 0.25) is 10.0 Å². The standard InChI is InChI=1S/C15H17NO4S2/c1-11(17)12-4-3-5-14(8-12)22(18,19)16-9-15(20-2)13-6-7-21-10-13/h3-8,10,15-16H,9H2,1-2H3/t15-/m1/s1. The first-order valence-electron chi connectivity index (χ1n) is 6.59. The van der Waals surface area contributed by atoms with E-state index in [-0.39, 0.29) is 23.3 Å². The van der Waals surface area contributed by atoms with Crippen molar-refractivity contribution in [1.29, 1.82) is 0 Å². The average Bonchev–Trinajstić information content (AvgIpc) is 3.02. The van der Waals surface area contributed by atoms with Crippen molar-refractivity contribution in [2.75, 3.05) is 13.7 Å². The van der Waals surface area contributed by atoms with Crippen LogP contribution in [-0.4, -0.2) is 27.9 Å². The van der Waals surface area contributed by atoms with E-state index in [4.69, 9.17) is 4.74 Å². The van der Waals surface area contributed by atoms with Gasteiger partial charge in [0.15, 0.2) is 5.78 Å². The van der Waals surface area contributed by atoms with Gasteiger partial charge in [0, 0.05) is 19.2 Å². The average molecular weight is 339 g/mol. The molecular weight excluding hydrogens is 322 g/mol. The van der Waals surface area contributed by atoms with Gasteiger partial charge in [-0.3, -0.25) is 4.79 Å². The third-order valence-corrected chi connectivity index (χ3v) is 5.33. The molecule has 1 N–H and O–H groups in total. The number of methoxy groups -OCH3 is 1. The largest absolute Gasteiger partial charge is 0.375 e. The topological polar surface area (TPSA) is 72.5 Å². The molecule has 1 aromatic heterocycles. The second-order valence-electron chi connectivity index (χ2n) is 4.72. The van der Waals surface area contributed by atoms with Crippen molar-refractivity contribution in [2.24, 2.45) is 0 Å². The lowest BCUT2D eigenvalue weighted by Crippen LogP contribution is -2.29. The van der Waals surface area contributed by atoms with Crippen molar-refractivity contribution in [3.05, 3.63) is 52.2 Å². The zero-order valence-corrected chi connectivity index (χ0v) is 13.9. The summed E-state index contributed by atoms with van der Waals surface area (Å²) in [5.41, 5.74) is 1.29. The molecule has 0 radical (unpaired) electrons. The highest BCUT2D eigenvalue weighted by Gasteiger charge is 2.19. The van der Waals surface area contributed by atoms with Crippen LogP contribution in [0.15, 0.2) is 46.0 Å². The number of Topliss-reactive ketones (excluding diaryl/α,β-unsaturated/α-hetero) is 1. The maximum absolute atomic E-state index is 12.3. The molecule has 0 fully saturated rings. The molecule has 0 amide bonds. The van der Waals surface area contributed by atoms with Gasteiger partial charge < -0.3 is 4.74 Å². The lowest BCUT2D eigenvalue weighted by atomic mass is 10.2. The van der Waals surface area contributed by atoms with Crippen LogP contribution in [0.3, 0.4) is 0 Å². The molecule has 1 aromatic carbocycles. The second kappa shape index (κ2) is 7.15. The fourth-order valence-electron chi connectivity index (χ4n) is 1.95. The Kier molecular flexibility index (Phi) is 5.47. The number of hydrogen-bond acceptors (Lipinski definition) is 5. The molecule has 0 bridgehead atoms. The number of benzene rings is 1. The Morgan fingerprint density at radius 1 is 1.36 bits per heavy atom. The molecule has 2 aromatic rings. The van der Waals surface area contributed by atoms with Crippen molar-refractivity contribution in [2.45, 2.75) is 17.9 Å². The summed E-state index contributed by atoms with van der Waals surface area (Å²) in [4.78, 5) is 11.4. The normalized spacial score (nSPS) is 13.0. The van der Waals surface area contributed by atoms with Gasteiger partial charge in [-0.25, -0.2) is 13.1 Å².